The molecule has 0 saturated carbocycles. The Balaban J connectivity index is 2.63. The zero-order valence-corrected chi connectivity index (χ0v) is 16.2. The maximum absolute atomic E-state index is 13.0. The highest BCUT2D eigenvalue weighted by atomic mass is 32.2. The van der Waals surface area contributed by atoms with E-state index < -0.39 is 34.3 Å². The molecule has 156 valence electrons. The molecule has 0 radical (unpaired) electrons. The van der Waals surface area contributed by atoms with Gasteiger partial charge in [-0.2, -0.15) is 17.6 Å². The first-order valence-corrected chi connectivity index (χ1v) is 10.1. The van der Waals surface area contributed by atoms with Crippen molar-refractivity contribution in [1.29, 1.82) is 0 Å². The van der Waals surface area contributed by atoms with Crippen molar-refractivity contribution in [2.45, 2.75) is 45.8 Å². The summed E-state index contributed by atoms with van der Waals surface area (Å²) in [6.45, 7) is 6.32. The van der Waals surface area contributed by atoms with Gasteiger partial charge in [-0.05, 0) is 37.0 Å². The molecule has 5 nitrogen and oxygen atoms in total. The van der Waals surface area contributed by atoms with Crippen molar-refractivity contribution in [3.63, 3.8) is 0 Å². The summed E-state index contributed by atoms with van der Waals surface area (Å²) in [4.78, 5) is 0. The number of hydrogen-bond acceptors (Lipinski definition) is 4. The first-order chi connectivity index (χ1) is 12.4. The molecule has 27 heavy (non-hydrogen) atoms. The fraction of sp³-hybridized carbons (Fsp3) is 0.647. The van der Waals surface area contributed by atoms with Crippen LogP contribution in [0.4, 0.5) is 17.6 Å². The minimum atomic E-state index is -4.63. The van der Waals surface area contributed by atoms with Gasteiger partial charge in [0.15, 0.2) is 0 Å². The van der Waals surface area contributed by atoms with E-state index in [1.165, 1.54) is 19.1 Å². The minimum Gasteiger partial charge on any atom is -0.428 e. The van der Waals surface area contributed by atoms with Crippen molar-refractivity contribution in [3.05, 3.63) is 29.8 Å². The molecule has 0 saturated heterocycles. The molecule has 10 heteroatoms. The van der Waals surface area contributed by atoms with Crippen LogP contribution in [0, 0.1) is 5.92 Å². The normalized spacial score (nSPS) is 14.0. The third kappa shape index (κ3) is 8.89. The van der Waals surface area contributed by atoms with Gasteiger partial charge < -0.3 is 9.47 Å². The monoisotopic (exact) mass is 415 g/mol. The van der Waals surface area contributed by atoms with E-state index in [1.54, 1.807) is 0 Å². The lowest BCUT2D eigenvalue weighted by molar-refractivity contribution is -0.253. The molecule has 1 aromatic rings. The van der Waals surface area contributed by atoms with Crippen molar-refractivity contribution in [2.75, 3.05) is 19.0 Å². The van der Waals surface area contributed by atoms with Crippen LogP contribution in [0.25, 0.3) is 0 Å². The number of rotatable bonds is 12. The van der Waals surface area contributed by atoms with Crippen LogP contribution in [-0.2, 0) is 14.8 Å². The van der Waals surface area contributed by atoms with Crippen LogP contribution in [0.15, 0.2) is 24.3 Å². The molecular weight excluding hydrogens is 390 g/mol. The quantitative estimate of drug-likeness (QED) is 0.415. The van der Waals surface area contributed by atoms with Crippen molar-refractivity contribution in [1.82, 2.24) is 4.72 Å². The topological polar surface area (TPSA) is 64.6 Å². The summed E-state index contributed by atoms with van der Waals surface area (Å²) in [5, 5.41) is 0. The van der Waals surface area contributed by atoms with E-state index in [9.17, 15) is 26.0 Å². The second kappa shape index (κ2) is 10.2. The number of ether oxygens (including phenoxy) is 2. The van der Waals surface area contributed by atoms with Gasteiger partial charge >= 0.3 is 12.5 Å². The zero-order valence-electron chi connectivity index (χ0n) is 15.4. The maximum atomic E-state index is 13.0. The van der Waals surface area contributed by atoms with Gasteiger partial charge in [-0.15, -0.1) is 0 Å². The van der Waals surface area contributed by atoms with Crippen LogP contribution >= 0.6 is 0 Å². The molecule has 0 fully saturated rings. The first-order valence-electron chi connectivity index (χ1n) is 8.45. The molecular formula is C17H25F4NO4S. The molecule has 0 aliphatic heterocycles. The second-order valence-electron chi connectivity index (χ2n) is 6.52. The summed E-state index contributed by atoms with van der Waals surface area (Å²) in [5.41, 5.74) is 0.303. The molecule has 1 N–H and O–H groups in total. The van der Waals surface area contributed by atoms with E-state index >= 15 is 0 Å². The third-order valence-corrected chi connectivity index (χ3v) is 4.91. The Morgan fingerprint density at radius 2 is 1.85 bits per heavy atom. The summed E-state index contributed by atoms with van der Waals surface area (Å²) >= 11 is 0. The smallest absolute Gasteiger partial charge is 0.428 e. The Kier molecular flexibility index (Phi) is 8.97. The summed E-state index contributed by atoms with van der Waals surface area (Å²) in [6, 6.07) is 4.22. The van der Waals surface area contributed by atoms with Gasteiger partial charge in [0.25, 0.3) is 0 Å². The van der Waals surface area contributed by atoms with E-state index in [-0.39, 0.29) is 5.75 Å². The molecule has 0 spiro atoms. The van der Waals surface area contributed by atoms with Crippen LogP contribution < -0.4 is 9.46 Å². The van der Waals surface area contributed by atoms with Gasteiger partial charge in [-0.25, -0.2) is 13.1 Å². The molecule has 0 amide bonds. The Hall–Kier alpha value is -1.39. The Morgan fingerprint density at radius 1 is 1.19 bits per heavy atom. The number of sulfonamides is 1. The minimum absolute atomic E-state index is 0.158. The number of nitrogens with one attached hydrogen (secondary N) is 1. The molecule has 1 atom stereocenters. The highest BCUT2D eigenvalue weighted by Crippen LogP contribution is 2.29. The SMILES string of the molecule is CC(C)COCCCS(=O)(=O)N[C@H](C)c1cccc(OC(F)(F)C(F)F)c1. The number of halogens is 4. The van der Waals surface area contributed by atoms with E-state index in [1.807, 2.05) is 13.8 Å². The number of benzene rings is 1. The first kappa shape index (κ1) is 23.6. The zero-order chi connectivity index (χ0) is 20.7. The molecule has 0 heterocycles. The van der Waals surface area contributed by atoms with E-state index in [0.717, 1.165) is 12.1 Å². The van der Waals surface area contributed by atoms with Crippen LogP contribution in [0.1, 0.15) is 38.8 Å². The van der Waals surface area contributed by atoms with Crippen molar-refractivity contribution in [2.24, 2.45) is 5.92 Å². The standard InChI is InChI=1S/C17H25F4NO4S/c1-12(2)11-25-8-5-9-27(23,24)22-13(3)14-6-4-7-15(10-14)26-17(20,21)16(18)19/h4,6-7,10,12-13,16,22H,5,8-9,11H2,1-3H3/t13-/m1/s1. The highest BCUT2D eigenvalue weighted by molar-refractivity contribution is 7.89. The number of alkyl halides is 4. The molecule has 1 aromatic carbocycles. The van der Waals surface area contributed by atoms with E-state index in [0.29, 0.717) is 31.1 Å². The molecule has 0 aliphatic carbocycles. The lowest BCUT2D eigenvalue weighted by atomic mass is 10.1. The summed E-state index contributed by atoms with van der Waals surface area (Å²) < 4.78 is 86.4. The summed E-state index contributed by atoms with van der Waals surface area (Å²) in [5.74, 6) is -0.285. The molecule has 0 unspecified atom stereocenters. The van der Waals surface area contributed by atoms with E-state index in [4.69, 9.17) is 4.74 Å². The predicted octanol–water partition coefficient (Wildman–Crippen LogP) is 3.97. The number of hydrogen-bond donors (Lipinski definition) is 1. The lowest BCUT2D eigenvalue weighted by Gasteiger charge is -2.19. The summed E-state index contributed by atoms with van der Waals surface area (Å²) in [6.07, 6.45) is -8.30. The van der Waals surface area contributed by atoms with Crippen molar-refractivity contribution < 1.29 is 35.5 Å². The average molecular weight is 415 g/mol. The summed E-state index contributed by atoms with van der Waals surface area (Å²) in [7, 11) is -3.63. The molecule has 1 rings (SSSR count). The third-order valence-electron chi connectivity index (χ3n) is 3.38. The fourth-order valence-corrected chi connectivity index (χ4v) is 3.41. The molecule has 0 aromatic heterocycles. The highest BCUT2D eigenvalue weighted by Gasteiger charge is 2.44. The van der Waals surface area contributed by atoms with Crippen LogP contribution in [0.5, 0.6) is 5.75 Å². The Labute approximate surface area is 157 Å². The average Bonchev–Trinajstić information content (AvgIpc) is 2.53. The van der Waals surface area contributed by atoms with Gasteiger partial charge in [-0.3, -0.25) is 0 Å². The largest absolute Gasteiger partial charge is 0.461 e. The van der Waals surface area contributed by atoms with Gasteiger partial charge in [-0.1, -0.05) is 26.0 Å². The van der Waals surface area contributed by atoms with Crippen molar-refractivity contribution >= 4 is 10.0 Å². The van der Waals surface area contributed by atoms with E-state index in [2.05, 4.69) is 9.46 Å². The van der Waals surface area contributed by atoms with Gasteiger partial charge in [0.1, 0.15) is 5.75 Å². The lowest BCUT2D eigenvalue weighted by Crippen LogP contribution is -2.33. The van der Waals surface area contributed by atoms with Crippen LogP contribution in [-0.4, -0.2) is 39.9 Å². The Morgan fingerprint density at radius 3 is 2.44 bits per heavy atom. The Bertz CT molecular complexity index is 683. The predicted molar refractivity (Wildman–Crippen MR) is 93.6 cm³/mol. The molecule has 0 aliphatic rings. The molecule has 0 bridgehead atoms. The van der Waals surface area contributed by atoms with Crippen LogP contribution in [0.2, 0.25) is 0 Å². The van der Waals surface area contributed by atoms with Gasteiger partial charge in [0.2, 0.25) is 10.0 Å². The van der Waals surface area contributed by atoms with Crippen LogP contribution in [0.3, 0.4) is 0 Å². The second-order valence-corrected chi connectivity index (χ2v) is 8.39. The van der Waals surface area contributed by atoms with Crippen molar-refractivity contribution in [3.8, 4) is 5.75 Å². The van der Waals surface area contributed by atoms with Gasteiger partial charge in [0.05, 0.1) is 5.75 Å². The maximum Gasteiger partial charge on any atom is 0.461 e. The fourth-order valence-electron chi connectivity index (χ4n) is 2.12. The van der Waals surface area contributed by atoms with Gasteiger partial charge in [0, 0.05) is 19.3 Å².